The fourth-order valence-corrected chi connectivity index (χ4v) is 3.83. The van der Waals surface area contributed by atoms with Crippen LogP contribution in [0.3, 0.4) is 0 Å². The topological polar surface area (TPSA) is 41.4 Å². The predicted molar refractivity (Wildman–Crippen MR) is 92.5 cm³/mol. The van der Waals surface area contributed by atoms with Gasteiger partial charge in [0.05, 0.1) is 24.3 Å². The van der Waals surface area contributed by atoms with E-state index < -0.39 is 11.6 Å². The van der Waals surface area contributed by atoms with E-state index in [0.717, 1.165) is 62.2 Å². The van der Waals surface area contributed by atoms with Crippen LogP contribution in [-0.4, -0.2) is 44.9 Å². The summed E-state index contributed by atoms with van der Waals surface area (Å²) in [5.74, 6) is -1.81. The summed E-state index contributed by atoms with van der Waals surface area (Å²) in [4.78, 5) is 21.4. The summed E-state index contributed by atoms with van der Waals surface area (Å²) < 4.78 is 29.1. The fraction of sp³-hybridized carbons (Fsp3) is 0.474. The number of rotatable bonds is 3. The van der Waals surface area contributed by atoms with Crippen LogP contribution in [0, 0.1) is 11.6 Å². The van der Waals surface area contributed by atoms with Crippen LogP contribution in [-0.2, 0) is 19.6 Å². The molecule has 0 N–H and O–H groups in total. The highest BCUT2D eigenvalue weighted by Crippen LogP contribution is 2.21. The monoisotopic (exact) mass is 360 g/mol. The van der Waals surface area contributed by atoms with Crippen molar-refractivity contribution in [3.63, 3.8) is 0 Å². The minimum absolute atomic E-state index is 0.0524. The van der Waals surface area contributed by atoms with Crippen molar-refractivity contribution in [2.45, 2.75) is 38.9 Å². The number of carbonyl (C=O) groups excluding carboxylic acids is 1. The number of aryl methyl sites for hydroxylation is 1. The van der Waals surface area contributed by atoms with Crippen LogP contribution < -0.4 is 0 Å². The van der Waals surface area contributed by atoms with E-state index in [-0.39, 0.29) is 11.5 Å². The van der Waals surface area contributed by atoms with E-state index in [0.29, 0.717) is 13.1 Å². The van der Waals surface area contributed by atoms with E-state index in [2.05, 4.69) is 14.5 Å². The van der Waals surface area contributed by atoms with Gasteiger partial charge >= 0.3 is 0 Å². The maximum absolute atomic E-state index is 13.5. The molecule has 1 saturated heterocycles. The van der Waals surface area contributed by atoms with Crippen molar-refractivity contribution in [3.05, 3.63) is 53.1 Å². The van der Waals surface area contributed by atoms with Gasteiger partial charge in [-0.05, 0) is 44.5 Å². The predicted octanol–water partition coefficient (Wildman–Crippen LogP) is 2.80. The van der Waals surface area contributed by atoms with E-state index in [4.69, 9.17) is 0 Å². The van der Waals surface area contributed by atoms with E-state index in [1.54, 1.807) is 4.90 Å². The van der Waals surface area contributed by atoms with Crippen molar-refractivity contribution in [1.82, 2.24) is 19.4 Å². The normalized spacial score (nSPS) is 18.0. The maximum atomic E-state index is 13.5. The largest absolute Gasteiger partial charge is 0.333 e. The summed E-state index contributed by atoms with van der Waals surface area (Å²) in [5.41, 5.74) is 2.08. The summed E-state index contributed by atoms with van der Waals surface area (Å²) in [5, 5.41) is 0. The van der Waals surface area contributed by atoms with E-state index in [1.807, 2.05) is 6.33 Å². The molecule has 0 atom stereocenters. The maximum Gasteiger partial charge on any atom is 0.254 e. The lowest BCUT2D eigenvalue weighted by Crippen LogP contribution is -2.31. The van der Waals surface area contributed by atoms with E-state index in [1.165, 1.54) is 12.8 Å². The van der Waals surface area contributed by atoms with Gasteiger partial charge in [0.1, 0.15) is 11.6 Å². The Morgan fingerprint density at radius 1 is 1.00 bits per heavy atom. The molecule has 3 heterocycles. The van der Waals surface area contributed by atoms with Crippen LogP contribution in [0.25, 0.3) is 0 Å². The van der Waals surface area contributed by atoms with Gasteiger partial charge in [0.25, 0.3) is 5.91 Å². The highest BCUT2D eigenvalue weighted by atomic mass is 19.1. The minimum Gasteiger partial charge on any atom is -0.333 e. The SMILES string of the molecule is O=C(c1cc(F)cc(F)c1)N1CCCn2cnc(CN3CCCC3)c2C1. The Hall–Kier alpha value is -2.28. The molecule has 0 bridgehead atoms. The molecule has 1 aromatic carbocycles. The summed E-state index contributed by atoms with van der Waals surface area (Å²) in [6.07, 6.45) is 5.06. The third-order valence-corrected chi connectivity index (χ3v) is 5.17. The molecule has 0 aliphatic carbocycles. The average molecular weight is 360 g/mol. The Balaban J connectivity index is 1.56. The number of aromatic nitrogens is 2. The van der Waals surface area contributed by atoms with Crippen molar-refractivity contribution in [1.29, 1.82) is 0 Å². The fourth-order valence-electron chi connectivity index (χ4n) is 3.83. The number of imidazole rings is 1. The number of nitrogens with zero attached hydrogens (tertiary/aromatic N) is 4. The smallest absolute Gasteiger partial charge is 0.254 e. The van der Waals surface area contributed by atoms with Crippen molar-refractivity contribution in [3.8, 4) is 0 Å². The molecule has 26 heavy (non-hydrogen) atoms. The second kappa shape index (κ2) is 7.15. The molecule has 1 aromatic heterocycles. The van der Waals surface area contributed by atoms with Crippen LogP contribution >= 0.6 is 0 Å². The van der Waals surface area contributed by atoms with Gasteiger partial charge in [-0.2, -0.15) is 0 Å². The Bertz CT molecular complexity index is 794. The van der Waals surface area contributed by atoms with Gasteiger partial charge in [-0.25, -0.2) is 13.8 Å². The summed E-state index contributed by atoms with van der Waals surface area (Å²) >= 11 is 0. The molecule has 138 valence electrons. The number of benzene rings is 1. The molecule has 7 heteroatoms. The highest BCUT2D eigenvalue weighted by Gasteiger charge is 2.25. The Kier molecular flexibility index (Phi) is 4.72. The molecule has 2 aliphatic heterocycles. The van der Waals surface area contributed by atoms with E-state index >= 15 is 0 Å². The number of likely N-dealkylation sites (tertiary alicyclic amines) is 1. The number of hydrogen-bond acceptors (Lipinski definition) is 3. The first-order valence-electron chi connectivity index (χ1n) is 9.11. The number of carbonyl (C=O) groups is 1. The first-order chi connectivity index (χ1) is 12.6. The Labute approximate surface area is 151 Å². The molecule has 0 unspecified atom stereocenters. The lowest BCUT2D eigenvalue weighted by Gasteiger charge is -2.21. The lowest BCUT2D eigenvalue weighted by atomic mass is 10.1. The Morgan fingerprint density at radius 2 is 1.73 bits per heavy atom. The summed E-state index contributed by atoms with van der Waals surface area (Å²) in [7, 11) is 0. The van der Waals surface area contributed by atoms with Crippen molar-refractivity contribution >= 4 is 5.91 Å². The third kappa shape index (κ3) is 3.49. The lowest BCUT2D eigenvalue weighted by molar-refractivity contribution is 0.0744. The molecule has 1 fully saturated rings. The van der Waals surface area contributed by atoms with Crippen molar-refractivity contribution in [2.75, 3.05) is 19.6 Å². The van der Waals surface area contributed by atoms with Crippen LogP contribution in [0.5, 0.6) is 0 Å². The molecule has 0 radical (unpaired) electrons. The number of amides is 1. The Morgan fingerprint density at radius 3 is 2.46 bits per heavy atom. The molecular formula is C19H22F2N4O. The van der Waals surface area contributed by atoms with Gasteiger partial charge in [-0.1, -0.05) is 0 Å². The quantitative estimate of drug-likeness (QED) is 0.845. The number of hydrogen-bond donors (Lipinski definition) is 0. The van der Waals surface area contributed by atoms with Crippen LogP contribution in [0.2, 0.25) is 0 Å². The van der Waals surface area contributed by atoms with Gasteiger partial charge in [0.2, 0.25) is 0 Å². The first-order valence-corrected chi connectivity index (χ1v) is 9.11. The summed E-state index contributed by atoms with van der Waals surface area (Å²) in [6.45, 7) is 4.72. The highest BCUT2D eigenvalue weighted by molar-refractivity contribution is 5.94. The van der Waals surface area contributed by atoms with Gasteiger partial charge in [-0.3, -0.25) is 9.69 Å². The van der Waals surface area contributed by atoms with Gasteiger partial charge in [-0.15, -0.1) is 0 Å². The van der Waals surface area contributed by atoms with Crippen molar-refractivity contribution < 1.29 is 13.6 Å². The van der Waals surface area contributed by atoms with Gasteiger partial charge < -0.3 is 9.47 Å². The zero-order valence-electron chi connectivity index (χ0n) is 14.6. The third-order valence-electron chi connectivity index (χ3n) is 5.17. The molecule has 2 aromatic rings. The van der Waals surface area contributed by atoms with Crippen LogP contribution in [0.4, 0.5) is 8.78 Å². The minimum atomic E-state index is -0.733. The average Bonchev–Trinajstić information content (AvgIpc) is 3.19. The first kappa shape index (κ1) is 17.1. The number of fused-ring (bicyclic) bond motifs is 1. The van der Waals surface area contributed by atoms with Crippen molar-refractivity contribution in [2.24, 2.45) is 0 Å². The number of halogens is 2. The molecule has 5 nitrogen and oxygen atoms in total. The second-order valence-electron chi connectivity index (χ2n) is 7.05. The summed E-state index contributed by atoms with van der Waals surface area (Å²) in [6, 6.07) is 2.97. The second-order valence-corrected chi connectivity index (χ2v) is 7.05. The zero-order chi connectivity index (χ0) is 18.1. The zero-order valence-corrected chi connectivity index (χ0v) is 14.6. The van der Waals surface area contributed by atoms with Crippen LogP contribution in [0.1, 0.15) is 41.0 Å². The van der Waals surface area contributed by atoms with Crippen LogP contribution in [0.15, 0.2) is 24.5 Å². The molecule has 0 saturated carbocycles. The van der Waals surface area contributed by atoms with Gasteiger partial charge in [0.15, 0.2) is 0 Å². The molecule has 0 spiro atoms. The molecule has 2 aliphatic rings. The molecule has 1 amide bonds. The van der Waals surface area contributed by atoms with Gasteiger partial charge in [0, 0.05) is 31.3 Å². The molecule has 4 rings (SSSR count). The standard InChI is InChI=1S/C19H22F2N4O/c20-15-8-14(9-16(21)10-15)19(26)24-6-3-7-25-13-22-17(18(25)12-24)11-23-4-1-2-5-23/h8-10,13H,1-7,11-12H2. The molecular weight excluding hydrogens is 338 g/mol. The van der Waals surface area contributed by atoms with E-state index in [9.17, 15) is 13.6 Å².